The summed E-state index contributed by atoms with van der Waals surface area (Å²) in [5, 5.41) is 3.20. The summed E-state index contributed by atoms with van der Waals surface area (Å²) in [5.41, 5.74) is 1.36. The van der Waals surface area contributed by atoms with E-state index < -0.39 is 0 Å². The third-order valence-electron chi connectivity index (χ3n) is 4.34. The van der Waals surface area contributed by atoms with Gasteiger partial charge in [0.2, 0.25) is 5.91 Å². The minimum atomic E-state index is 0.277. The highest BCUT2D eigenvalue weighted by Crippen LogP contribution is 2.30. The number of rotatable bonds is 4. The molecule has 2 fully saturated rings. The van der Waals surface area contributed by atoms with Crippen LogP contribution in [0, 0.1) is 5.92 Å². The van der Waals surface area contributed by atoms with Crippen LogP contribution in [-0.4, -0.2) is 29.9 Å². The van der Waals surface area contributed by atoms with E-state index in [2.05, 4.69) is 47.5 Å². The first-order chi connectivity index (χ1) is 9.24. The first-order valence-corrected chi connectivity index (χ1v) is 7.33. The van der Waals surface area contributed by atoms with Gasteiger partial charge in [0.15, 0.2) is 0 Å². The van der Waals surface area contributed by atoms with Crippen molar-refractivity contribution < 1.29 is 4.79 Å². The van der Waals surface area contributed by atoms with E-state index in [0.717, 1.165) is 32.4 Å². The highest BCUT2D eigenvalue weighted by Gasteiger charge is 2.33. The molecule has 0 unspecified atom stereocenters. The standard InChI is InChI=1S/C16H22N2O/c1-12(13-5-3-2-4-6-13)18-10-9-15(11-18)17-16(19)14-7-8-14/h2-6,12,14-15H,7-11H2,1H3,(H,17,19)/t12-,15+/m1/s1. The molecule has 2 atom stereocenters. The number of benzene rings is 1. The Balaban J connectivity index is 1.54. The summed E-state index contributed by atoms with van der Waals surface area (Å²) in [4.78, 5) is 14.2. The fourth-order valence-corrected chi connectivity index (χ4v) is 2.86. The van der Waals surface area contributed by atoms with Gasteiger partial charge in [-0.1, -0.05) is 30.3 Å². The van der Waals surface area contributed by atoms with Crippen LogP contribution >= 0.6 is 0 Å². The summed E-state index contributed by atoms with van der Waals surface area (Å²) in [7, 11) is 0. The van der Waals surface area contributed by atoms with Crippen molar-refractivity contribution in [2.45, 2.75) is 38.3 Å². The highest BCUT2D eigenvalue weighted by atomic mass is 16.2. The molecule has 1 aromatic carbocycles. The average Bonchev–Trinajstić information content (AvgIpc) is 3.20. The number of likely N-dealkylation sites (tertiary alicyclic amines) is 1. The monoisotopic (exact) mass is 258 g/mol. The summed E-state index contributed by atoms with van der Waals surface area (Å²) < 4.78 is 0. The molecule has 102 valence electrons. The Morgan fingerprint density at radius 1 is 1.26 bits per heavy atom. The zero-order chi connectivity index (χ0) is 13.2. The van der Waals surface area contributed by atoms with Gasteiger partial charge in [-0.25, -0.2) is 0 Å². The third kappa shape index (κ3) is 2.98. The molecule has 0 bridgehead atoms. The number of carbonyl (C=O) groups is 1. The Bertz CT molecular complexity index is 441. The van der Waals surface area contributed by atoms with E-state index in [0.29, 0.717) is 18.0 Å². The number of hydrogen-bond acceptors (Lipinski definition) is 2. The number of nitrogens with one attached hydrogen (secondary N) is 1. The maximum absolute atomic E-state index is 11.8. The smallest absolute Gasteiger partial charge is 0.223 e. The van der Waals surface area contributed by atoms with E-state index in [1.54, 1.807) is 0 Å². The molecule has 3 heteroatoms. The lowest BCUT2D eigenvalue weighted by Crippen LogP contribution is -2.38. The van der Waals surface area contributed by atoms with Gasteiger partial charge < -0.3 is 5.32 Å². The van der Waals surface area contributed by atoms with Gasteiger partial charge in [0.25, 0.3) is 0 Å². The molecule has 1 heterocycles. The van der Waals surface area contributed by atoms with Gasteiger partial charge in [0.1, 0.15) is 0 Å². The van der Waals surface area contributed by atoms with Crippen molar-refractivity contribution in [2.24, 2.45) is 5.92 Å². The SMILES string of the molecule is C[C@H](c1ccccc1)N1CC[C@H](NC(=O)C2CC2)C1. The van der Waals surface area contributed by atoms with E-state index >= 15 is 0 Å². The number of nitrogens with zero attached hydrogens (tertiary/aromatic N) is 1. The molecule has 1 aliphatic carbocycles. The molecule has 1 saturated heterocycles. The summed E-state index contributed by atoms with van der Waals surface area (Å²) in [6, 6.07) is 11.4. The predicted molar refractivity (Wildman–Crippen MR) is 75.7 cm³/mol. The van der Waals surface area contributed by atoms with Crippen LogP contribution < -0.4 is 5.32 Å². The summed E-state index contributed by atoms with van der Waals surface area (Å²) in [5.74, 6) is 0.597. The lowest BCUT2D eigenvalue weighted by atomic mass is 10.1. The molecule has 1 aromatic rings. The van der Waals surface area contributed by atoms with Gasteiger partial charge in [-0.15, -0.1) is 0 Å². The molecule has 3 nitrogen and oxygen atoms in total. The van der Waals surface area contributed by atoms with Gasteiger partial charge in [-0.2, -0.15) is 0 Å². The van der Waals surface area contributed by atoms with Gasteiger partial charge >= 0.3 is 0 Å². The fourth-order valence-electron chi connectivity index (χ4n) is 2.86. The van der Waals surface area contributed by atoms with Crippen LogP contribution in [0.3, 0.4) is 0 Å². The first-order valence-electron chi connectivity index (χ1n) is 7.33. The van der Waals surface area contributed by atoms with Crippen LogP contribution in [0.4, 0.5) is 0 Å². The van der Waals surface area contributed by atoms with Crippen molar-refractivity contribution in [3.8, 4) is 0 Å². The van der Waals surface area contributed by atoms with Crippen molar-refractivity contribution in [1.29, 1.82) is 0 Å². The second kappa shape index (κ2) is 5.33. The van der Waals surface area contributed by atoms with E-state index in [-0.39, 0.29) is 5.91 Å². The summed E-state index contributed by atoms with van der Waals surface area (Å²) >= 11 is 0. The summed E-state index contributed by atoms with van der Waals surface area (Å²) in [6.45, 7) is 4.31. The minimum Gasteiger partial charge on any atom is -0.352 e. The van der Waals surface area contributed by atoms with Crippen LogP contribution in [0.15, 0.2) is 30.3 Å². The lowest BCUT2D eigenvalue weighted by Gasteiger charge is -2.24. The highest BCUT2D eigenvalue weighted by molar-refractivity contribution is 5.81. The van der Waals surface area contributed by atoms with Crippen LogP contribution in [0.25, 0.3) is 0 Å². The van der Waals surface area contributed by atoms with Crippen LogP contribution in [0.5, 0.6) is 0 Å². The molecule has 1 N–H and O–H groups in total. The topological polar surface area (TPSA) is 32.3 Å². The van der Waals surface area contributed by atoms with Crippen LogP contribution in [0.2, 0.25) is 0 Å². The Morgan fingerprint density at radius 3 is 2.68 bits per heavy atom. The fraction of sp³-hybridized carbons (Fsp3) is 0.562. The molecule has 2 aliphatic rings. The molecule has 0 aromatic heterocycles. The molecule has 0 radical (unpaired) electrons. The minimum absolute atomic E-state index is 0.277. The molecule has 1 amide bonds. The van der Waals surface area contributed by atoms with E-state index in [1.807, 2.05) is 0 Å². The Hall–Kier alpha value is -1.35. The molecular formula is C16H22N2O. The molecular weight excluding hydrogens is 236 g/mol. The van der Waals surface area contributed by atoms with E-state index in [9.17, 15) is 4.79 Å². The number of hydrogen-bond donors (Lipinski definition) is 1. The predicted octanol–water partition coefficient (Wildman–Crippen LogP) is 2.35. The molecule has 0 spiro atoms. The Kier molecular flexibility index (Phi) is 3.56. The van der Waals surface area contributed by atoms with Crippen molar-refractivity contribution >= 4 is 5.91 Å². The molecule has 19 heavy (non-hydrogen) atoms. The maximum atomic E-state index is 11.8. The van der Waals surface area contributed by atoms with Crippen molar-refractivity contribution in [3.63, 3.8) is 0 Å². The zero-order valence-electron chi connectivity index (χ0n) is 11.5. The Labute approximate surface area is 115 Å². The second-order valence-corrected chi connectivity index (χ2v) is 5.85. The van der Waals surface area contributed by atoms with Crippen molar-refractivity contribution in [2.75, 3.05) is 13.1 Å². The zero-order valence-corrected chi connectivity index (χ0v) is 11.5. The van der Waals surface area contributed by atoms with Crippen molar-refractivity contribution in [1.82, 2.24) is 10.2 Å². The number of carbonyl (C=O) groups excluding carboxylic acids is 1. The van der Waals surface area contributed by atoms with Gasteiger partial charge in [0.05, 0.1) is 0 Å². The van der Waals surface area contributed by atoms with Gasteiger partial charge in [0, 0.05) is 31.1 Å². The quantitative estimate of drug-likeness (QED) is 0.899. The molecule has 1 aliphatic heterocycles. The number of amides is 1. The first kappa shape index (κ1) is 12.7. The largest absolute Gasteiger partial charge is 0.352 e. The second-order valence-electron chi connectivity index (χ2n) is 5.85. The lowest BCUT2D eigenvalue weighted by molar-refractivity contribution is -0.122. The van der Waals surface area contributed by atoms with Gasteiger partial charge in [-0.3, -0.25) is 9.69 Å². The maximum Gasteiger partial charge on any atom is 0.223 e. The summed E-state index contributed by atoms with van der Waals surface area (Å²) in [6.07, 6.45) is 3.25. The Morgan fingerprint density at radius 2 is 2.00 bits per heavy atom. The molecule has 3 rings (SSSR count). The van der Waals surface area contributed by atoms with E-state index in [4.69, 9.17) is 0 Å². The van der Waals surface area contributed by atoms with E-state index in [1.165, 1.54) is 5.56 Å². The normalized spacial score (nSPS) is 25.2. The van der Waals surface area contributed by atoms with Crippen LogP contribution in [0.1, 0.15) is 37.8 Å². The van der Waals surface area contributed by atoms with Gasteiger partial charge in [-0.05, 0) is 31.7 Å². The molecule has 1 saturated carbocycles. The van der Waals surface area contributed by atoms with Crippen LogP contribution in [-0.2, 0) is 4.79 Å². The third-order valence-corrected chi connectivity index (χ3v) is 4.34. The average molecular weight is 258 g/mol. The van der Waals surface area contributed by atoms with Crippen molar-refractivity contribution in [3.05, 3.63) is 35.9 Å².